The molecule has 0 spiro atoms. The van der Waals surface area contributed by atoms with E-state index in [1.807, 2.05) is 84.9 Å². The van der Waals surface area contributed by atoms with E-state index in [1.165, 1.54) is 11.1 Å². The number of sulfone groups is 1. The van der Waals surface area contributed by atoms with Crippen molar-refractivity contribution in [1.29, 1.82) is 0 Å². The normalized spacial score (nSPS) is 11.2. The summed E-state index contributed by atoms with van der Waals surface area (Å²) in [6.07, 6.45) is 0. The molecule has 4 aromatic carbocycles. The summed E-state index contributed by atoms with van der Waals surface area (Å²) >= 11 is 0. The van der Waals surface area contributed by atoms with E-state index in [2.05, 4.69) is 34.9 Å². The van der Waals surface area contributed by atoms with Gasteiger partial charge in [-0.15, -0.1) is 0 Å². The molecule has 0 aliphatic carbocycles. The van der Waals surface area contributed by atoms with Gasteiger partial charge in [-0.3, -0.25) is 0 Å². The largest absolute Gasteiger partial charge is 0.381 e. The van der Waals surface area contributed by atoms with Gasteiger partial charge in [0, 0.05) is 24.5 Å². The second-order valence-electron chi connectivity index (χ2n) is 8.10. The maximum Gasteiger partial charge on any atom is 0.158 e. The number of anilines is 2. The van der Waals surface area contributed by atoms with Crippen molar-refractivity contribution >= 4 is 21.2 Å². The zero-order valence-electron chi connectivity index (χ0n) is 18.4. The van der Waals surface area contributed by atoms with Crippen molar-refractivity contribution in [3.8, 4) is 0 Å². The lowest BCUT2D eigenvalue weighted by Gasteiger charge is -2.10. The van der Waals surface area contributed by atoms with Gasteiger partial charge in [0.15, 0.2) is 9.84 Å². The molecule has 0 saturated heterocycles. The molecule has 33 heavy (non-hydrogen) atoms. The molecule has 0 aromatic heterocycles. The van der Waals surface area contributed by atoms with E-state index in [0.717, 1.165) is 35.6 Å². The zero-order valence-corrected chi connectivity index (χ0v) is 19.3. The van der Waals surface area contributed by atoms with Crippen LogP contribution in [0.4, 0.5) is 11.4 Å². The van der Waals surface area contributed by atoms with Crippen LogP contribution in [0.25, 0.3) is 0 Å². The summed E-state index contributed by atoms with van der Waals surface area (Å²) < 4.78 is 25.5. The molecule has 2 N–H and O–H groups in total. The summed E-state index contributed by atoms with van der Waals surface area (Å²) in [4.78, 5) is 0. The molecule has 0 bridgehead atoms. The molecule has 4 aromatic rings. The monoisotopic (exact) mass is 456 g/mol. The van der Waals surface area contributed by atoms with Crippen molar-refractivity contribution in [2.75, 3.05) is 10.6 Å². The first kappa shape index (κ1) is 22.6. The molecule has 0 unspecified atom stereocenters. The standard InChI is InChI=1S/C28H28N2O2S/c31-33(32,21-25-11-15-27(16-12-25)29-19-23-7-3-1-4-8-23)22-26-13-17-28(18-14-26)30-20-24-9-5-2-6-10-24/h1-18,29-30H,19-22H2. The highest BCUT2D eigenvalue weighted by atomic mass is 32.2. The Kier molecular flexibility index (Phi) is 7.43. The van der Waals surface area contributed by atoms with Crippen LogP contribution in [0.15, 0.2) is 109 Å². The molecular formula is C28H28N2O2S. The minimum Gasteiger partial charge on any atom is -0.381 e. The third-order valence-corrected chi connectivity index (χ3v) is 6.91. The highest BCUT2D eigenvalue weighted by Crippen LogP contribution is 2.18. The van der Waals surface area contributed by atoms with Gasteiger partial charge in [0.1, 0.15) is 0 Å². The SMILES string of the molecule is O=S(=O)(Cc1ccc(NCc2ccccc2)cc1)Cc1ccc(NCc2ccccc2)cc1. The number of hydrogen-bond acceptors (Lipinski definition) is 4. The second-order valence-corrected chi connectivity index (χ2v) is 10.2. The lowest BCUT2D eigenvalue weighted by molar-refractivity contribution is 0.594. The molecule has 168 valence electrons. The summed E-state index contributed by atoms with van der Waals surface area (Å²) in [5.41, 5.74) is 5.93. The van der Waals surface area contributed by atoms with Gasteiger partial charge in [-0.1, -0.05) is 84.9 Å². The highest BCUT2D eigenvalue weighted by Gasteiger charge is 2.13. The van der Waals surface area contributed by atoms with Crippen LogP contribution in [0.2, 0.25) is 0 Å². The lowest BCUT2D eigenvalue weighted by atomic mass is 10.2. The van der Waals surface area contributed by atoms with Crippen LogP contribution in [0.3, 0.4) is 0 Å². The minimum absolute atomic E-state index is 0.0278. The number of rotatable bonds is 10. The van der Waals surface area contributed by atoms with Crippen molar-refractivity contribution in [3.05, 3.63) is 131 Å². The maximum absolute atomic E-state index is 12.7. The van der Waals surface area contributed by atoms with E-state index in [1.54, 1.807) is 0 Å². The van der Waals surface area contributed by atoms with Gasteiger partial charge in [-0.2, -0.15) is 0 Å². The minimum atomic E-state index is -3.26. The van der Waals surface area contributed by atoms with Crippen molar-refractivity contribution in [2.45, 2.75) is 24.6 Å². The predicted molar refractivity (Wildman–Crippen MR) is 137 cm³/mol. The number of benzene rings is 4. The molecule has 0 atom stereocenters. The van der Waals surface area contributed by atoms with E-state index in [4.69, 9.17) is 0 Å². The van der Waals surface area contributed by atoms with E-state index in [0.29, 0.717) is 0 Å². The second kappa shape index (κ2) is 10.8. The maximum atomic E-state index is 12.7. The van der Waals surface area contributed by atoms with E-state index in [9.17, 15) is 8.42 Å². The van der Waals surface area contributed by atoms with Crippen molar-refractivity contribution in [1.82, 2.24) is 0 Å². The van der Waals surface area contributed by atoms with E-state index >= 15 is 0 Å². The Labute approximate surface area is 196 Å². The fraction of sp³-hybridized carbons (Fsp3) is 0.143. The molecule has 0 aliphatic heterocycles. The fourth-order valence-electron chi connectivity index (χ4n) is 3.60. The van der Waals surface area contributed by atoms with Gasteiger partial charge in [0.25, 0.3) is 0 Å². The molecule has 4 rings (SSSR count). The fourth-order valence-corrected chi connectivity index (χ4v) is 5.10. The summed E-state index contributed by atoms with van der Waals surface area (Å²) in [5, 5.41) is 6.72. The third kappa shape index (κ3) is 7.22. The Bertz CT molecular complexity index is 1140. The molecule has 5 heteroatoms. The molecule has 0 saturated carbocycles. The van der Waals surface area contributed by atoms with Crippen molar-refractivity contribution in [3.63, 3.8) is 0 Å². The van der Waals surface area contributed by atoms with Gasteiger partial charge in [0.05, 0.1) is 11.5 Å². The zero-order chi connectivity index (χ0) is 22.9. The van der Waals surface area contributed by atoms with Crippen molar-refractivity contribution < 1.29 is 8.42 Å². The predicted octanol–water partition coefficient (Wildman–Crippen LogP) is 6.03. The van der Waals surface area contributed by atoms with E-state index < -0.39 is 9.84 Å². The summed E-state index contributed by atoms with van der Waals surface area (Å²) in [7, 11) is -3.26. The Hall–Kier alpha value is -3.57. The molecular weight excluding hydrogens is 428 g/mol. The highest BCUT2D eigenvalue weighted by molar-refractivity contribution is 7.89. The summed E-state index contributed by atoms with van der Waals surface area (Å²) in [5.74, 6) is 0.0555. The number of nitrogens with one attached hydrogen (secondary N) is 2. The molecule has 4 nitrogen and oxygen atoms in total. The molecule has 0 radical (unpaired) electrons. The van der Waals surface area contributed by atoms with Crippen LogP contribution < -0.4 is 10.6 Å². The molecule has 0 amide bonds. The first-order valence-electron chi connectivity index (χ1n) is 11.0. The van der Waals surface area contributed by atoms with Crippen LogP contribution in [0.1, 0.15) is 22.3 Å². The summed E-state index contributed by atoms with van der Waals surface area (Å²) in [6.45, 7) is 1.46. The van der Waals surface area contributed by atoms with Gasteiger partial charge in [-0.25, -0.2) is 8.42 Å². The Balaban J connectivity index is 1.28. The first-order valence-corrected chi connectivity index (χ1v) is 12.8. The quantitative estimate of drug-likeness (QED) is 0.306. The Morgan fingerprint density at radius 2 is 0.818 bits per heavy atom. The first-order chi connectivity index (χ1) is 16.1. The van der Waals surface area contributed by atoms with Gasteiger partial charge >= 0.3 is 0 Å². The third-order valence-electron chi connectivity index (χ3n) is 5.36. The summed E-state index contributed by atoms with van der Waals surface area (Å²) in [6, 6.07) is 35.6. The average molecular weight is 457 g/mol. The van der Waals surface area contributed by atoms with Crippen LogP contribution in [0.5, 0.6) is 0 Å². The number of hydrogen-bond donors (Lipinski definition) is 2. The van der Waals surface area contributed by atoms with Crippen LogP contribution in [-0.2, 0) is 34.4 Å². The van der Waals surface area contributed by atoms with Gasteiger partial charge in [-0.05, 0) is 46.5 Å². The van der Waals surface area contributed by atoms with Gasteiger partial charge in [0.2, 0.25) is 0 Å². The Morgan fingerprint density at radius 3 is 1.18 bits per heavy atom. The average Bonchev–Trinajstić information content (AvgIpc) is 2.84. The van der Waals surface area contributed by atoms with E-state index in [-0.39, 0.29) is 11.5 Å². The molecule has 0 aliphatic rings. The smallest absolute Gasteiger partial charge is 0.158 e. The Morgan fingerprint density at radius 1 is 0.455 bits per heavy atom. The van der Waals surface area contributed by atoms with Gasteiger partial charge < -0.3 is 10.6 Å². The molecule has 0 heterocycles. The van der Waals surface area contributed by atoms with Crippen LogP contribution in [-0.4, -0.2) is 8.42 Å². The van der Waals surface area contributed by atoms with Crippen LogP contribution >= 0.6 is 0 Å². The van der Waals surface area contributed by atoms with Crippen LogP contribution in [0, 0.1) is 0 Å². The molecule has 0 fully saturated rings. The topological polar surface area (TPSA) is 58.2 Å². The lowest BCUT2D eigenvalue weighted by Crippen LogP contribution is -2.08. The van der Waals surface area contributed by atoms with Crippen molar-refractivity contribution in [2.24, 2.45) is 0 Å².